The Balaban J connectivity index is 1.56. The molecule has 194 valence electrons. The standard InChI is InChI=1S/C21H22F3N5O5S2/c1-14-19(30)29(16-2-4-17(5-3-16)35-21(22,23)24)20(31)28(14)13-15-6-7-25-18(12-15)26-36(32,33)27-8-10-34-11-9-27/h2-7,12,30H,8-11,13H2,1H3,(H,25,26). The molecule has 0 amide bonds. The topological polar surface area (TPSA) is 119 Å². The number of pyridine rings is 1. The first-order valence-electron chi connectivity index (χ1n) is 10.6. The molecule has 1 aliphatic rings. The highest BCUT2D eigenvalue weighted by Gasteiger charge is 2.29. The lowest BCUT2D eigenvalue weighted by Gasteiger charge is -2.26. The van der Waals surface area contributed by atoms with E-state index in [0.717, 1.165) is 4.57 Å². The summed E-state index contributed by atoms with van der Waals surface area (Å²) < 4.78 is 74.0. The van der Waals surface area contributed by atoms with Crippen LogP contribution in [-0.2, 0) is 21.5 Å². The van der Waals surface area contributed by atoms with Crippen LogP contribution >= 0.6 is 11.8 Å². The Bertz CT molecular complexity index is 1400. The fourth-order valence-electron chi connectivity index (χ4n) is 3.65. The lowest BCUT2D eigenvalue weighted by atomic mass is 10.2. The highest BCUT2D eigenvalue weighted by atomic mass is 32.2. The van der Waals surface area contributed by atoms with E-state index in [1.807, 2.05) is 0 Å². The summed E-state index contributed by atoms with van der Waals surface area (Å²) in [5, 5.41) is 10.6. The number of hydrogen-bond acceptors (Lipinski definition) is 7. The molecule has 4 rings (SSSR count). The number of aromatic hydroxyl groups is 1. The third-order valence-electron chi connectivity index (χ3n) is 5.40. The largest absolute Gasteiger partial charge is 0.493 e. The molecule has 2 aromatic heterocycles. The van der Waals surface area contributed by atoms with Gasteiger partial charge in [-0.1, -0.05) is 0 Å². The van der Waals surface area contributed by atoms with E-state index < -0.39 is 21.4 Å². The number of hydrogen-bond donors (Lipinski definition) is 2. The zero-order chi connectivity index (χ0) is 26.1. The fourth-order valence-corrected chi connectivity index (χ4v) is 5.32. The average molecular weight is 546 g/mol. The van der Waals surface area contributed by atoms with Gasteiger partial charge in [-0.05, 0) is 60.6 Å². The molecule has 36 heavy (non-hydrogen) atoms. The van der Waals surface area contributed by atoms with Crippen LogP contribution in [0, 0.1) is 6.92 Å². The second-order valence-corrected chi connectivity index (χ2v) is 10.6. The molecule has 0 saturated carbocycles. The molecular weight excluding hydrogens is 523 g/mol. The average Bonchev–Trinajstić information content (AvgIpc) is 3.02. The summed E-state index contributed by atoms with van der Waals surface area (Å²) in [5.41, 5.74) is -4.11. The van der Waals surface area contributed by atoms with Gasteiger partial charge in [0, 0.05) is 24.2 Å². The monoisotopic (exact) mass is 545 g/mol. The van der Waals surface area contributed by atoms with Crippen molar-refractivity contribution in [3.8, 4) is 11.6 Å². The van der Waals surface area contributed by atoms with Crippen molar-refractivity contribution in [3.63, 3.8) is 0 Å². The van der Waals surface area contributed by atoms with Gasteiger partial charge < -0.3 is 9.84 Å². The molecule has 3 aromatic rings. The van der Waals surface area contributed by atoms with Gasteiger partial charge in [0.1, 0.15) is 5.82 Å². The van der Waals surface area contributed by atoms with E-state index in [4.69, 9.17) is 4.74 Å². The third-order valence-corrected chi connectivity index (χ3v) is 7.65. The number of rotatable bonds is 7. The Labute approximate surface area is 208 Å². The number of aromatic nitrogens is 3. The summed E-state index contributed by atoms with van der Waals surface area (Å²) in [5.74, 6) is -0.301. The smallest absolute Gasteiger partial charge is 0.446 e. The molecule has 3 heterocycles. The molecule has 0 unspecified atom stereocenters. The molecule has 0 bridgehead atoms. The molecule has 0 spiro atoms. The van der Waals surface area contributed by atoms with Crippen LogP contribution in [-0.4, -0.2) is 63.8 Å². The van der Waals surface area contributed by atoms with E-state index in [9.17, 15) is 31.5 Å². The molecule has 1 fully saturated rings. The number of benzene rings is 1. The van der Waals surface area contributed by atoms with Crippen LogP contribution in [0.5, 0.6) is 5.88 Å². The SMILES string of the molecule is Cc1c(O)n(-c2ccc(SC(F)(F)F)cc2)c(=O)n1Cc1ccnc(NS(=O)(=O)N2CCOCC2)c1. The van der Waals surface area contributed by atoms with Crippen molar-refractivity contribution in [1.82, 2.24) is 18.4 Å². The molecule has 1 aromatic carbocycles. The van der Waals surface area contributed by atoms with E-state index >= 15 is 0 Å². The van der Waals surface area contributed by atoms with Gasteiger partial charge in [0.15, 0.2) is 0 Å². The second-order valence-electron chi connectivity index (χ2n) is 7.82. The summed E-state index contributed by atoms with van der Waals surface area (Å²) in [7, 11) is -3.84. The Kier molecular flexibility index (Phi) is 7.36. The van der Waals surface area contributed by atoms with Crippen LogP contribution in [0.3, 0.4) is 0 Å². The first-order valence-corrected chi connectivity index (χ1v) is 12.9. The third kappa shape index (κ3) is 5.86. The number of ether oxygens (including phenoxy) is 1. The van der Waals surface area contributed by atoms with Crippen molar-refractivity contribution in [3.05, 3.63) is 64.3 Å². The lowest BCUT2D eigenvalue weighted by Crippen LogP contribution is -2.43. The molecule has 1 saturated heterocycles. The first-order chi connectivity index (χ1) is 16.9. The van der Waals surface area contributed by atoms with Crippen molar-refractivity contribution < 1.29 is 31.4 Å². The minimum atomic E-state index is -4.44. The molecule has 0 aliphatic carbocycles. The van der Waals surface area contributed by atoms with E-state index in [1.54, 1.807) is 6.07 Å². The number of morpholine rings is 1. The summed E-state index contributed by atoms with van der Waals surface area (Å²) in [6, 6.07) is 8.11. The van der Waals surface area contributed by atoms with Crippen LogP contribution in [0.15, 0.2) is 52.3 Å². The van der Waals surface area contributed by atoms with Crippen molar-refractivity contribution in [2.45, 2.75) is 23.9 Å². The molecule has 2 N–H and O–H groups in total. The van der Waals surface area contributed by atoms with Crippen LogP contribution in [0.25, 0.3) is 5.69 Å². The lowest BCUT2D eigenvalue weighted by molar-refractivity contribution is -0.0328. The summed E-state index contributed by atoms with van der Waals surface area (Å²) in [6.07, 6.45) is 1.39. The summed E-state index contributed by atoms with van der Waals surface area (Å²) >= 11 is -0.282. The number of thioether (sulfide) groups is 1. The summed E-state index contributed by atoms with van der Waals surface area (Å²) in [4.78, 5) is 17.1. The molecule has 1 aliphatic heterocycles. The van der Waals surface area contributed by atoms with E-state index in [1.165, 1.54) is 52.3 Å². The van der Waals surface area contributed by atoms with E-state index in [2.05, 4.69) is 9.71 Å². The zero-order valence-electron chi connectivity index (χ0n) is 18.9. The Morgan fingerprint density at radius 1 is 1.17 bits per heavy atom. The molecule has 0 radical (unpaired) electrons. The Morgan fingerprint density at radius 2 is 1.83 bits per heavy atom. The maximum Gasteiger partial charge on any atom is 0.446 e. The number of halogens is 3. The second kappa shape index (κ2) is 10.2. The Hall–Kier alpha value is -3.01. The highest BCUT2D eigenvalue weighted by molar-refractivity contribution is 8.00. The maximum absolute atomic E-state index is 13.1. The van der Waals surface area contributed by atoms with Crippen LogP contribution in [0.4, 0.5) is 19.0 Å². The normalized spacial score (nSPS) is 15.2. The van der Waals surface area contributed by atoms with Crippen LogP contribution in [0.1, 0.15) is 11.3 Å². The minimum Gasteiger partial charge on any atom is -0.493 e. The van der Waals surface area contributed by atoms with Gasteiger partial charge in [0.2, 0.25) is 5.88 Å². The molecule has 15 heteroatoms. The van der Waals surface area contributed by atoms with Gasteiger partial charge in [-0.15, -0.1) is 0 Å². The van der Waals surface area contributed by atoms with Gasteiger partial charge in [0.05, 0.1) is 31.1 Å². The zero-order valence-corrected chi connectivity index (χ0v) is 20.5. The van der Waals surface area contributed by atoms with Gasteiger partial charge in [-0.25, -0.2) is 14.3 Å². The van der Waals surface area contributed by atoms with E-state index in [-0.39, 0.29) is 59.4 Å². The molecule has 10 nitrogen and oxygen atoms in total. The molecular formula is C21H22F3N5O5S2. The van der Waals surface area contributed by atoms with Gasteiger partial charge >= 0.3 is 21.4 Å². The van der Waals surface area contributed by atoms with Crippen molar-refractivity contribution in [2.75, 3.05) is 31.0 Å². The number of imidazole rings is 1. The van der Waals surface area contributed by atoms with Crippen LogP contribution < -0.4 is 10.4 Å². The number of nitrogens with zero attached hydrogens (tertiary/aromatic N) is 4. The van der Waals surface area contributed by atoms with Crippen molar-refractivity contribution in [2.24, 2.45) is 0 Å². The number of nitrogens with one attached hydrogen (secondary N) is 1. The number of alkyl halides is 3. The quantitative estimate of drug-likeness (QED) is 0.438. The fraction of sp³-hybridized carbons (Fsp3) is 0.333. The van der Waals surface area contributed by atoms with Crippen molar-refractivity contribution in [1.29, 1.82) is 0 Å². The minimum absolute atomic E-state index is 0.0119. The summed E-state index contributed by atoms with van der Waals surface area (Å²) in [6.45, 7) is 2.52. The highest BCUT2D eigenvalue weighted by Crippen LogP contribution is 2.37. The Morgan fingerprint density at radius 3 is 2.47 bits per heavy atom. The number of anilines is 1. The maximum atomic E-state index is 13.1. The molecule has 0 atom stereocenters. The first kappa shape index (κ1) is 26.1. The van der Waals surface area contributed by atoms with Crippen LogP contribution in [0.2, 0.25) is 0 Å². The van der Waals surface area contributed by atoms with Crippen molar-refractivity contribution >= 4 is 27.8 Å². The predicted octanol–water partition coefficient (Wildman–Crippen LogP) is 2.70. The van der Waals surface area contributed by atoms with Gasteiger partial charge in [-0.3, -0.25) is 9.29 Å². The predicted molar refractivity (Wildman–Crippen MR) is 127 cm³/mol. The van der Waals surface area contributed by atoms with Gasteiger partial charge in [-0.2, -0.15) is 25.9 Å². The van der Waals surface area contributed by atoms with Gasteiger partial charge in [0.25, 0.3) is 0 Å². The van der Waals surface area contributed by atoms with E-state index in [0.29, 0.717) is 18.8 Å².